The van der Waals surface area contributed by atoms with Crippen molar-refractivity contribution in [3.05, 3.63) is 22.5 Å². The molecular formula is C15H17BrFN3O7. The lowest BCUT2D eigenvalue weighted by Gasteiger charge is -2.21. The van der Waals surface area contributed by atoms with Crippen LogP contribution in [0.5, 0.6) is 0 Å². The zero-order chi connectivity index (χ0) is 20.3. The van der Waals surface area contributed by atoms with Crippen LogP contribution in [-0.2, 0) is 28.6 Å². The number of nitrogens with one attached hydrogen (secondary N) is 1. The summed E-state index contributed by atoms with van der Waals surface area (Å²) in [6.07, 6.45) is -2.23. The minimum Gasteiger partial charge on any atom is -0.463 e. The molecule has 1 aromatic heterocycles. The predicted molar refractivity (Wildman–Crippen MR) is 91.6 cm³/mol. The van der Waals surface area contributed by atoms with E-state index in [0.29, 0.717) is 0 Å². The summed E-state index contributed by atoms with van der Waals surface area (Å²) in [7, 11) is 0. The topological polar surface area (TPSA) is 126 Å². The molecule has 0 aliphatic carbocycles. The molecule has 1 aromatic rings. The van der Waals surface area contributed by atoms with Gasteiger partial charge < -0.3 is 19.5 Å². The smallest absolute Gasteiger partial charge is 0.351 e. The third kappa shape index (κ3) is 5.10. The lowest BCUT2D eigenvalue weighted by Crippen LogP contribution is -2.37. The van der Waals surface area contributed by atoms with Gasteiger partial charge in [-0.05, 0) is 0 Å². The van der Waals surface area contributed by atoms with E-state index in [-0.39, 0.29) is 6.61 Å². The Balaban J connectivity index is 2.36. The number of hydrogen-bond donors (Lipinski definition) is 1. The van der Waals surface area contributed by atoms with E-state index in [1.807, 2.05) is 0 Å². The molecule has 10 nitrogen and oxygen atoms in total. The molecule has 0 aromatic carbocycles. The van der Waals surface area contributed by atoms with Crippen LogP contribution in [0.4, 0.5) is 10.2 Å². The first kappa shape index (κ1) is 21.0. The molecule has 2 rings (SSSR count). The van der Waals surface area contributed by atoms with Crippen LogP contribution in [-0.4, -0.2) is 51.0 Å². The maximum atomic E-state index is 14.2. The highest BCUT2D eigenvalue weighted by atomic mass is 79.9. The number of halogens is 2. The summed E-state index contributed by atoms with van der Waals surface area (Å²) >= 11 is 3.30. The number of aromatic nitrogens is 2. The second-order valence-corrected chi connectivity index (χ2v) is 6.75. The van der Waals surface area contributed by atoms with Crippen LogP contribution in [0.15, 0.2) is 11.0 Å². The Hall–Kier alpha value is -2.34. The van der Waals surface area contributed by atoms with Crippen LogP contribution in [0.2, 0.25) is 0 Å². The lowest BCUT2D eigenvalue weighted by atomic mass is 10.2. The molecule has 0 unspecified atom stereocenters. The Labute approximate surface area is 161 Å². The highest BCUT2D eigenvalue weighted by Crippen LogP contribution is 2.36. The van der Waals surface area contributed by atoms with Crippen LogP contribution in [0, 0.1) is 5.82 Å². The van der Waals surface area contributed by atoms with Crippen LogP contribution in [0.3, 0.4) is 0 Å². The van der Waals surface area contributed by atoms with E-state index in [2.05, 4.69) is 26.2 Å². The van der Waals surface area contributed by atoms with Crippen molar-refractivity contribution in [1.82, 2.24) is 9.55 Å². The van der Waals surface area contributed by atoms with Crippen molar-refractivity contribution in [3.8, 4) is 0 Å². The number of carbonyl (C=O) groups is 3. The number of hydrogen-bond acceptors (Lipinski definition) is 8. The molecule has 1 saturated heterocycles. The monoisotopic (exact) mass is 449 g/mol. The van der Waals surface area contributed by atoms with Crippen molar-refractivity contribution >= 4 is 39.6 Å². The van der Waals surface area contributed by atoms with E-state index in [0.717, 1.165) is 24.6 Å². The summed E-state index contributed by atoms with van der Waals surface area (Å²) < 4.78 is 30.7. The van der Waals surface area contributed by atoms with Crippen molar-refractivity contribution in [2.75, 3.05) is 11.9 Å². The van der Waals surface area contributed by atoms with Crippen molar-refractivity contribution < 1.29 is 33.0 Å². The normalized spacial score (nSPS) is 24.3. The summed E-state index contributed by atoms with van der Waals surface area (Å²) in [5, 5.41) is 2.09. The minimum atomic E-state index is -1.22. The summed E-state index contributed by atoms with van der Waals surface area (Å²) in [6, 6.07) is 0. The van der Waals surface area contributed by atoms with Crippen molar-refractivity contribution in [2.24, 2.45) is 0 Å². The van der Waals surface area contributed by atoms with Gasteiger partial charge in [0.15, 0.2) is 24.0 Å². The molecule has 1 N–H and O–H groups in total. The van der Waals surface area contributed by atoms with Gasteiger partial charge in [0.1, 0.15) is 12.7 Å². The number of ether oxygens (including phenoxy) is 3. The molecule has 0 radical (unpaired) electrons. The number of alkyl halides is 1. The van der Waals surface area contributed by atoms with Crippen LogP contribution < -0.4 is 11.0 Å². The average Bonchev–Trinajstić information content (AvgIpc) is 2.84. The van der Waals surface area contributed by atoms with E-state index in [1.54, 1.807) is 0 Å². The summed E-state index contributed by atoms with van der Waals surface area (Å²) in [5.41, 5.74) is -0.935. The second kappa shape index (κ2) is 8.57. The van der Waals surface area contributed by atoms with Gasteiger partial charge in [0.05, 0.1) is 11.0 Å². The zero-order valence-corrected chi connectivity index (χ0v) is 16.2. The Morgan fingerprint density at radius 3 is 2.56 bits per heavy atom. The van der Waals surface area contributed by atoms with Gasteiger partial charge in [-0.3, -0.25) is 19.0 Å². The summed E-state index contributed by atoms with van der Waals surface area (Å²) in [6.45, 7) is 3.34. The average molecular weight is 450 g/mol. The van der Waals surface area contributed by atoms with Gasteiger partial charge in [-0.15, -0.1) is 0 Å². The van der Waals surface area contributed by atoms with Crippen molar-refractivity contribution in [2.45, 2.75) is 44.0 Å². The Morgan fingerprint density at radius 2 is 2.00 bits per heavy atom. The van der Waals surface area contributed by atoms with E-state index < -0.39 is 58.4 Å². The molecule has 2 heterocycles. The number of rotatable bonds is 5. The van der Waals surface area contributed by atoms with Crippen molar-refractivity contribution in [3.63, 3.8) is 0 Å². The van der Waals surface area contributed by atoms with Gasteiger partial charge in [0.2, 0.25) is 5.91 Å². The number of nitrogens with zero attached hydrogens (tertiary/aromatic N) is 2. The maximum absolute atomic E-state index is 14.2. The first-order valence-electron chi connectivity index (χ1n) is 7.76. The van der Waals surface area contributed by atoms with Gasteiger partial charge in [-0.1, -0.05) is 15.9 Å². The molecule has 1 aliphatic heterocycles. The predicted octanol–water partition coefficient (Wildman–Crippen LogP) is 0.496. The van der Waals surface area contributed by atoms with Crippen LogP contribution in [0.25, 0.3) is 0 Å². The van der Waals surface area contributed by atoms with Crippen LogP contribution in [0.1, 0.15) is 27.0 Å². The fourth-order valence-electron chi connectivity index (χ4n) is 2.45. The molecule has 27 heavy (non-hydrogen) atoms. The molecule has 4 atom stereocenters. The molecule has 0 bridgehead atoms. The number of amides is 1. The Kier molecular flexibility index (Phi) is 6.65. The van der Waals surface area contributed by atoms with Gasteiger partial charge in [-0.25, -0.2) is 9.18 Å². The number of esters is 2. The van der Waals surface area contributed by atoms with E-state index >= 15 is 0 Å². The summed E-state index contributed by atoms with van der Waals surface area (Å²) in [4.78, 5) is 48.6. The molecule has 0 saturated carbocycles. The van der Waals surface area contributed by atoms with E-state index in [4.69, 9.17) is 14.2 Å². The molecule has 1 aliphatic rings. The van der Waals surface area contributed by atoms with Gasteiger partial charge in [-0.2, -0.15) is 4.98 Å². The fourth-order valence-corrected chi connectivity index (χ4v) is 3.10. The van der Waals surface area contributed by atoms with E-state index in [9.17, 15) is 23.6 Å². The first-order chi connectivity index (χ1) is 12.6. The Morgan fingerprint density at radius 1 is 1.33 bits per heavy atom. The largest absolute Gasteiger partial charge is 0.463 e. The first-order valence-corrected chi connectivity index (χ1v) is 8.68. The highest BCUT2D eigenvalue weighted by molar-refractivity contribution is 9.09. The minimum absolute atomic E-state index is 0.172. The molecule has 12 heteroatoms. The molecule has 148 valence electrons. The summed E-state index contributed by atoms with van der Waals surface area (Å²) in [5.74, 6) is -3.31. The third-order valence-electron chi connectivity index (χ3n) is 3.49. The second-order valence-electron chi connectivity index (χ2n) is 5.69. The highest BCUT2D eigenvalue weighted by Gasteiger charge is 2.47. The Bertz CT molecular complexity index is 815. The maximum Gasteiger partial charge on any atom is 0.351 e. The quantitative estimate of drug-likeness (QED) is 0.508. The molecule has 1 fully saturated rings. The zero-order valence-electron chi connectivity index (χ0n) is 14.6. The van der Waals surface area contributed by atoms with Gasteiger partial charge >= 0.3 is 17.6 Å². The lowest BCUT2D eigenvalue weighted by molar-refractivity contribution is -0.153. The van der Waals surface area contributed by atoms with Gasteiger partial charge in [0, 0.05) is 20.8 Å². The number of anilines is 1. The van der Waals surface area contributed by atoms with Crippen molar-refractivity contribution in [1.29, 1.82) is 0 Å². The molecule has 0 spiro atoms. The standard InChI is InChI=1S/C15H17BrFN3O7/c1-6(21)18-13-9(17)4-20(15(24)19-13)14-12(26-8(3)23)11(16)10(27-14)5-25-7(2)22/h4,10-12,14H,5H2,1-3H3,(H,18,19,21,24)/t10-,11+,12-,14-/m1/s1. The third-order valence-corrected chi connectivity index (χ3v) is 4.60. The van der Waals surface area contributed by atoms with Gasteiger partial charge in [0.25, 0.3) is 0 Å². The molecule has 1 amide bonds. The van der Waals surface area contributed by atoms with Crippen LogP contribution >= 0.6 is 15.9 Å². The number of carbonyl (C=O) groups excluding carboxylic acids is 3. The SMILES string of the molecule is CC(=O)Nc1nc(=O)n([C@@H]2O[C@H](COC(C)=O)[C@H](Br)[C@H]2OC(C)=O)cc1F. The molecular weight excluding hydrogens is 433 g/mol. The fraction of sp³-hybridized carbons (Fsp3) is 0.533. The van der Waals surface area contributed by atoms with E-state index in [1.165, 1.54) is 6.92 Å².